The summed E-state index contributed by atoms with van der Waals surface area (Å²) < 4.78 is 2.00. The van der Waals surface area contributed by atoms with Crippen LogP contribution in [0, 0.1) is 0 Å². The first-order chi connectivity index (χ1) is 5.14. The van der Waals surface area contributed by atoms with E-state index >= 15 is 0 Å². The Hall–Kier alpha value is -0.830. The van der Waals surface area contributed by atoms with Crippen LogP contribution in [0.3, 0.4) is 0 Å². The second kappa shape index (κ2) is 3.05. The predicted octanol–water partition coefficient (Wildman–Crippen LogP) is 1.01. The standard InChI is InChI=1S/C8H15N3/c1-3-8(2,9)6-11-5-4-10-7-11/h4-5,7H,3,6,9H2,1-2H3. The molecule has 3 heteroatoms. The van der Waals surface area contributed by atoms with Crippen LogP contribution in [-0.4, -0.2) is 15.1 Å². The summed E-state index contributed by atoms with van der Waals surface area (Å²) in [6.07, 6.45) is 6.47. The third-order valence-corrected chi connectivity index (χ3v) is 1.91. The maximum Gasteiger partial charge on any atom is 0.0946 e. The Balaban J connectivity index is 2.56. The molecule has 0 aliphatic rings. The van der Waals surface area contributed by atoms with Gasteiger partial charge in [0, 0.05) is 24.5 Å². The highest BCUT2D eigenvalue weighted by Gasteiger charge is 2.15. The van der Waals surface area contributed by atoms with Gasteiger partial charge in [-0.2, -0.15) is 0 Å². The van der Waals surface area contributed by atoms with Crippen molar-refractivity contribution in [2.75, 3.05) is 0 Å². The van der Waals surface area contributed by atoms with Crippen molar-refractivity contribution >= 4 is 0 Å². The van der Waals surface area contributed by atoms with Crippen LogP contribution in [0.25, 0.3) is 0 Å². The minimum absolute atomic E-state index is 0.110. The molecule has 0 aromatic carbocycles. The van der Waals surface area contributed by atoms with E-state index in [1.165, 1.54) is 0 Å². The number of hydrogen-bond donors (Lipinski definition) is 1. The lowest BCUT2D eigenvalue weighted by Crippen LogP contribution is -2.39. The summed E-state index contributed by atoms with van der Waals surface area (Å²) in [6, 6.07) is 0. The van der Waals surface area contributed by atoms with Crippen molar-refractivity contribution in [3.05, 3.63) is 18.7 Å². The van der Waals surface area contributed by atoms with Crippen molar-refractivity contribution in [1.82, 2.24) is 9.55 Å². The van der Waals surface area contributed by atoms with E-state index < -0.39 is 0 Å². The molecule has 0 fully saturated rings. The number of rotatable bonds is 3. The maximum atomic E-state index is 5.96. The molecule has 0 aliphatic carbocycles. The van der Waals surface area contributed by atoms with Crippen LogP contribution in [0.2, 0.25) is 0 Å². The number of aromatic nitrogens is 2. The van der Waals surface area contributed by atoms with Gasteiger partial charge in [-0.05, 0) is 13.3 Å². The van der Waals surface area contributed by atoms with Gasteiger partial charge in [-0.3, -0.25) is 0 Å². The van der Waals surface area contributed by atoms with Gasteiger partial charge in [0.05, 0.1) is 6.33 Å². The fraction of sp³-hybridized carbons (Fsp3) is 0.625. The average molecular weight is 153 g/mol. The Kier molecular flexibility index (Phi) is 2.29. The topological polar surface area (TPSA) is 43.8 Å². The number of nitrogens with zero attached hydrogens (tertiary/aromatic N) is 2. The summed E-state index contributed by atoms with van der Waals surface area (Å²) in [5, 5.41) is 0. The number of nitrogens with two attached hydrogens (primary N) is 1. The van der Waals surface area contributed by atoms with Gasteiger partial charge in [-0.15, -0.1) is 0 Å². The monoisotopic (exact) mass is 153 g/mol. The fourth-order valence-electron chi connectivity index (χ4n) is 0.909. The van der Waals surface area contributed by atoms with E-state index in [9.17, 15) is 0 Å². The highest BCUT2D eigenvalue weighted by Crippen LogP contribution is 2.07. The van der Waals surface area contributed by atoms with Gasteiger partial charge in [0.15, 0.2) is 0 Å². The predicted molar refractivity (Wildman–Crippen MR) is 45.1 cm³/mol. The molecule has 0 aliphatic heterocycles. The third kappa shape index (κ3) is 2.35. The highest BCUT2D eigenvalue weighted by atomic mass is 15.0. The molecule has 0 radical (unpaired) electrons. The van der Waals surface area contributed by atoms with Crippen molar-refractivity contribution in [1.29, 1.82) is 0 Å². The molecule has 1 rings (SSSR count). The van der Waals surface area contributed by atoms with E-state index in [2.05, 4.69) is 11.9 Å². The molecule has 0 spiro atoms. The third-order valence-electron chi connectivity index (χ3n) is 1.91. The number of imidazole rings is 1. The molecule has 1 aromatic rings. The quantitative estimate of drug-likeness (QED) is 0.704. The Morgan fingerprint density at radius 1 is 1.64 bits per heavy atom. The molecule has 11 heavy (non-hydrogen) atoms. The van der Waals surface area contributed by atoms with Crippen molar-refractivity contribution in [3.8, 4) is 0 Å². The first-order valence-corrected chi connectivity index (χ1v) is 3.89. The number of hydrogen-bond acceptors (Lipinski definition) is 2. The van der Waals surface area contributed by atoms with Crippen LogP contribution in [-0.2, 0) is 6.54 Å². The van der Waals surface area contributed by atoms with Gasteiger partial charge in [-0.1, -0.05) is 6.92 Å². The normalized spacial score (nSPS) is 16.3. The van der Waals surface area contributed by atoms with Crippen LogP contribution in [0.15, 0.2) is 18.7 Å². The van der Waals surface area contributed by atoms with E-state index in [-0.39, 0.29) is 5.54 Å². The summed E-state index contributed by atoms with van der Waals surface area (Å²) in [5.41, 5.74) is 5.85. The Labute approximate surface area is 67.2 Å². The van der Waals surface area contributed by atoms with Crippen molar-refractivity contribution in [2.45, 2.75) is 32.4 Å². The Bertz CT molecular complexity index is 201. The SMILES string of the molecule is CCC(C)(N)Cn1ccnc1. The Morgan fingerprint density at radius 3 is 2.82 bits per heavy atom. The highest BCUT2D eigenvalue weighted by molar-refractivity contribution is 4.82. The van der Waals surface area contributed by atoms with E-state index in [0.717, 1.165) is 13.0 Å². The van der Waals surface area contributed by atoms with Gasteiger partial charge in [-0.25, -0.2) is 4.98 Å². The van der Waals surface area contributed by atoms with Crippen LogP contribution < -0.4 is 5.73 Å². The minimum atomic E-state index is -0.110. The summed E-state index contributed by atoms with van der Waals surface area (Å²) in [5.74, 6) is 0. The molecule has 0 amide bonds. The zero-order valence-electron chi connectivity index (χ0n) is 7.12. The van der Waals surface area contributed by atoms with Gasteiger partial charge in [0.25, 0.3) is 0 Å². The van der Waals surface area contributed by atoms with Gasteiger partial charge < -0.3 is 10.3 Å². The molecule has 0 saturated heterocycles. The van der Waals surface area contributed by atoms with Crippen molar-refractivity contribution in [3.63, 3.8) is 0 Å². The molecule has 0 saturated carbocycles. The molecule has 2 N–H and O–H groups in total. The maximum absolute atomic E-state index is 5.96. The molecule has 1 heterocycles. The smallest absolute Gasteiger partial charge is 0.0946 e. The van der Waals surface area contributed by atoms with Crippen LogP contribution >= 0.6 is 0 Å². The summed E-state index contributed by atoms with van der Waals surface area (Å²) >= 11 is 0. The van der Waals surface area contributed by atoms with E-state index in [0.29, 0.717) is 0 Å². The molecular formula is C8H15N3. The average Bonchev–Trinajstić information content (AvgIpc) is 2.39. The lowest BCUT2D eigenvalue weighted by molar-refractivity contribution is 0.384. The minimum Gasteiger partial charge on any atom is -0.336 e. The molecule has 1 aromatic heterocycles. The van der Waals surface area contributed by atoms with E-state index in [1.807, 2.05) is 17.7 Å². The molecule has 1 unspecified atom stereocenters. The second-order valence-corrected chi connectivity index (χ2v) is 3.24. The van der Waals surface area contributed by atoms with Crippen molar-refractivity contribution in [2.24, 2.45) is 5.73 Å². The molecule has 3 nitrogen and oxygen atoms in total. The lowest BCUT2D eigenvalue weighted by atomic mass is 10.0. The molecular weight excluding hydrogens is 138 g/mol. The zero-order valence-corrected chi connectivity index (χ0v) is 7.12. The summed E-state index contributed by atoms with van der Waals surface area (Å²) in [6.45, 7) is 4.98. The van der Waals surface area contributed by atoms with Gasteiger partial charge >= 0.3 is 0 Å². The summed E-state index contributed by atoms with van der Waals surface area (Å²) in [7, 11) is 0. The lowest BCUT2D eigenvalue weighted by Gasteiger charge is -2.22. The first-order valence-electron chi connectivity index (χ1n) is 3.89. The summed E-state index contributed by atoms with van der Waals surface area (Å²) in [4.78, 5) is 3.95. The first kappa shape index (κ1) is 8.27. The van der Waals surface area contributed by atoms with Crippen LogP contribution in [0.5, 0.6) is 0 Å². The van der Waals surface area contributed by atoms with Crippen LogP contribution in [0.1, 0.15) is 20.3 Å². The van der Waals surface area contributed by atoms with Crippen LogP contribution in [0.4, 0.5) is 0 Å². The van der Waals surface area contributed by atoms with Gasteiger partial charge in [0.2, 0.25) is 0 Å². The van der Waals surface area contributed by atoms with E-state index in [4.69, 9.17) is 5.73 Å². The molecule has 1 atom stereocenters. The largest absolute Gasteiger partial charge is 0.336 e. The van der Waals surface area contributed by atoms with Gasteiger partial charge in [0.1, 0.15) is 0 Å². The van der Waals surface area contributed by atoms with E-state index in [1.54, 1.807) is 12.5 Å². The zero-order chi connectivity index (χ0) is 8.32. The fourth-order valence-corrected chi connectivity index (χ4v) is 0.909. The Morgan fingerprint density at radius 2 is 2.36 bits per heavy atom. The second-order valence-electron chi connectivity index (χ2n) is 3.24. The molecule has 0 bridgehead atoms. The van der Waals surface area contributed by atoms with Crippen molar-refractivity contribution < 1.29 is 0 Å². The molecule has 62 valence electrons.